The molecule has 3 heterocycles. The van der Waals surface area contributed by atoms with E-state index in [2.05, 4.69) is 15.4 Å². The topological polar surface area (TPSA) is 90.5 Å². The van der Waals surface area contributed by atoms with E-state index >= 15 is 0 Å². The Hall–Kier alpha value is -3.23. The third-order valence-corrected chi connectivity index (χ3v) is 4.34. The maximum absolute atomic E-state index is 13.4. The summed E-state index contributed by atoms with van der Waals surface area (Å²) in [6, 6.07) is 5.60. The third-order valence-electron chi connectivity index (χ3n) is 4.34. The van der Waals surface area contributed by atoms with E-state index in [-0.39, 0.29) is 18.2 Å². The number of aromatic nitrogens is 4. The number of hydrogen-bond acceptors (Lipinski definition) is 6. The highest BCUT2D eigenvalue weighted by Crippen LogP contribution is 2.21. The highest BCUT2D eigenvalue weighted by Gasteiger charge is 2.31. The number of hydrogen-bond donors (Lipinski definition) is 1. The van der Waals surface area contributed by atoms with Crippen molar-refractivity contribution in [2.75, 3.05) is 11.9 Å². The molecule has 134 valence electrons. The normalized spacial score (nSPS) is 16.9. The molecule has 3 aromatic rings. The van der Waals surface area contributed by atoms with E-state index in [0.717, 1.165) is 4.68 Å². The SMILES string of the molecule is Cc1cc(Nc2cc(C)n3c(=O)n(C4CCOC4=O)nc3n2)ccc1F. The molecule has 1 aliphatic rings. The zero-order chi connectivity index (χ0) is 18.4. The summed E-state index contributed by atoms with van der Waals surface area (Å²) in [5, 5.41) is 7.27. The minimum Gasteiger partial charge on any atom is -0.464 e. The Morgan fingerprint density at radius 3 is 2.77 bits per heavy atom. The number of cyclic esters (lactones) is 1. The van der Waals surface area contributed by atoms with Crippen LogP contribution in [0.25, 0.3) is 5.78 Å². The molecule has 2 aromatic heterocycles. The number of halogens is 1. The van der Waals surface area contributed by atoms with Gasteiger partial charge in [-0.15, -0.1) is 5.10 Å². The third kappa shape index (κ3) is 2.61. The summed E-state index contributed by atoms with van der Waals surface area (Å²) in [6.45, 7) is 3.69. The number of carbonyl (C=O) groups is 1. The van der Waals surface area contributed by atoms with Crippen molar-refractivity contribution >= 4 is 23.3 Å². The van der Waals surface area contributed by atoms with E-state index in [4.69, 9.17) is 4.74 Å². The minimum absolute atomic E-state index is 0.177. The second-order valence-electron chi connectivity index (χ2n) is 6.21. The molecule has 1 aromatic carbocycles. The average Bonchev–Trinajstić information content (AvgIpc) is 3.14. The van der Waals surface area contributed by atoms with Gasteiger partial charge in [-0.25, -0.2) is 18.4 Å². The number of carbonyl (C=O) groups excluding carboxylic acids is 1. The molecular weight excluding hydrogens is 341 g/mol. The van der Waals surface area contributed by atoms with Crippen LogP contribution in [0.15, 0.2) is 29.1 Å². The zero-order valence-corrected chi connectivity index (χ0v) is 14.2. The molecule has 1 N–H and O–H groups in total. The monoisotopic (exact) mass is 357 g/mol. The van der Waals surface area contributed by atoms with Gasteiger partial charge in [0, 0.05) is 23.9 Å². The summed E-state index contributed by atoms with van der Waals surface area (Å²) >= 11 is 0. The van der Waals surface area contributed by atoms with E-state index in [9.17, 15) is 14.0 Å². The smallest absolute Gasteiger partial charge is 0.352 e. The van der Waals surface area contributed by atoms with Gasteiger partial charge in [0.05, 0.1) is 6.61 Å². The van der Waals surface area contributed by atoms with Gasteiger partial charge in [-0.2, -0.15) is 9.67 Å². The van der Waals surface area contributed by atoms with Crippen LogP contribution in [0.2, 0.25) is 0 Å². The Bertz CT molecular complexity index is 1090. The fourth-order valence-electron chi connectivity index (χ4n) is 3.00. The minimum atomic E-state index is -0.722. The molecule has 0 aliphatic carbocycles. The Morgan fingerprint density at radius 2 is 2.08 bits per heavy atom. The van der Waals surface area contributed by atoms with Gasteiger partial charge in [-0.1, -0.05) is 0 Å². The fraction of sp³-hybridized carbons (Fsp3) is 0.294. The Kier molecular flexibility index (Phi) is 3.71. The van der Waals surface area contributed by atoms with E-state index in [1.807, 2.05) is 0 Å². The maximum atomic E-state index is 13.4. The van der Waals surface area contributed by atoms with Crippen molar-refractivity contribution < 1.29 is 13.9 Å². The fourth-order valence-corrected chi connectivity index (χ4v) is 3.00. The largest absolute Gasteiger partial charge is 0.464 e. The van der Waals surface area contributed by atoms with Crippen LogP contribution in [-0.4, -0.2) is 31.7 Å². The first-order valence-corrected chi connectivity index (χ1v) is 8.13. The molecule has 0 radical (unpaired) electrons. The number of nitrogens with zero attached hydrogens (tertiary/aromatic N) is 4. The molecule has 4 rings (SSSR count). The standard InChI is InChI=1S/C17H16FN5O3/c1-9-7-11(3-4-12(9)18)19-14-8-10(2)22-16(20-14)21-23(17(22)25)13-5-6-26-15(13)24/h3-4,7-8,13H,5-6H2,1-2H3,(H,19,20,21). The first-order chi connectivity index (χ1) is 12.4. The first kappa shape index (κ1) is 16.2. The summed E-state index contributed by atoms with van der Waals surface area (Å²) in [4.78, 5) is 28.7. The molecule has 26 heavy (non-hydrogen) atoms. The summed E-state index contributed by atoms with van der Waals surface area (Å²) in [6.07, 6.45) is 0.404. The number of aryl methyl sites for hydroxylation is 2. The lowest BCUT2D eigenvalue weighted by Crippen LogP contribution is -2.28. The number of esters is 1. The summed E-state index contributed by atoms with van der Waals surface area (Å²) < 4.78 is 20.8. The maximum Gasteiger partial charge on any atom is 0.352 e. The second-order valence-corrected chi connectivity index (χ2v) is 6.21. The van der Waals surface area contributed by atoms with Gasteiger partial charge in [0.1, 0.15) is 11.6 Å². The molecule has 8 nitrogen and oxygen atoms in total. The van der Waals surface area contributed by atoms with Gasteiger partial charge in [-0.05, 0) is 37.6 Å². The molecule has 1 atom stereocenters. The molecule has 9 heteroatoms. The Balaban J connectivity index is 1.75. The van der Waals surface area contributed by atoms with Crippen LogP contribution < -0.4 is 11.0 Å². The van der Waals surface area contributed by atoms with Crippen molar-refractivity contribution in [1.82, 2.24) is 19.2 Å². The van der Waals surface area contributed by atoms with Crippen LogP contribution >= 0.6 is 0 Å². The molecule has 1 aliphatic heterocycles. The van der Waals surface area contributed by atoms with Gasteiger partial charge < -0.3 is 10.1 Å². The van der Waals surface area contributed by atoms with E-state index in [0.29, 0.717) is 29.2 Å². The van der Waals surface area contributed by atoms with Gasteiger partial charge in [0.15, 0.2) is 6.04 Å². The Labute approximate surface area is 147 Å². The highest BCUT2D eigenvalue weighted by molar-refractivity contribution is 5.75. The molecule has 1 unspecified atom stereocenters. The average molecular weight is 357 g/mol. The Morgan fingerprint density at radius 1 is 1.27 bits per heavy atom. The molecule has 0 bridgehead atoms. The van der Waals surface area contributed by atoms with Crippen molar-refractivity contribution in [3.05, 3.63) is 51.8 Å². The zero-order valence-electron chi connectivity index (χ0n) is 14.2. The number of benzene rings is 1. The quantitative estimate of drug-likeness (QED) is 0.720. The number of fused-ring (bicyclic) bond motifs is 1. The molecule has 0 spiro atoms. The number of nitrogens with one attached hydrogen (secondary N) is 1. The summed E-state index contributed by atoms with van der Waals surface area (Å²) in [5.74, 6) is -0.111. The highest BCUT2D eigenvalue weighted by atomic mass is 19.1. The summed E-state index contributed by atoms with van der Waals surface area (Å²) in [7, 11) is 0. The van der Waals surface area contributed by atoms with E-state index < -0.39 is 17.7 Å². The molecule has 1 saturated heterocycles. The lowest BCUT2D eigenvalue weighted by molar-refractivity contribution is -0.140. The van der Waals surface area contributed by atoms with Crippen LogP contribution in [0.4, 0.5) is 15.9 Å². The van der Waals surface area contributed by atoms with Crippen molar-refractivity contribution in [1.29, 1.82) is 0 Å². The van der Waals surface area contributed by atoms with Crippen LogP contribution in [0.1, 0.15) is 23.7 Å². The van der Waals surface area contributed by atoms with Crippen LogP contribution in [-0.2, 0) is 9.53 Å². The molecular formula is C17H16FN5O3. The predicted octanol–water partition coefficient (Wildman–Crippen LogP) is 1.88. The van der Waals surface area contributed by atoms with Crippen molar-refractivity contribution in [2.45, 2.75) is 26.3 Å². The first-order valence-electron chi connectivity index (χ1n) is 8.13. The van der Waals surface area contributed by atoms with E-state index in [1.165, 1.54) is 10.5 Å². The number of ether oxygens (including phenoxy) is 1. The van der Waals surface area contributed by atoms with Gasteiger partial charge in [0.2, 0.25) is 0 Å². The van der Waals surface area contributed by atoms with E-state index in [1.54, 1.807) is 32.0 Å². The second kappa shape index (κ2) is 5.94. The number of anilines is 2. The number of rotatable bonds is 3. The van der Waals surface area contributed by atoms with Crippen LogP contribution in [0.3, 0.4) is 0 Å². The summed E-state index contributed by atoms with van der Waals surface area (Å²) in [5.41, 5.74) is 1.35. The lowest BCUT2D eigenvalue weighted by atomic mass is 10.2. The van der Waals surface area contributed by atoms with Gasteiger partial charge in [0.25, 0.3) is 5.78 Å². The van der Waals surface area contributed by atoms with Crippen molar-refractivity contribution in [3.63, 3.8) is 0 Å². The van der Waals surface area contributed by atoms with Crippen molar-refractivity contribution in [2.24, 2.45) is 0 Å². The lowest BCUT2D eigenvalue weighted by Gasteiger charge is -2.08. The van der Waals surface area contributed by atoms with Crippen LogP contribution in [0.5, 0.6) is 0 Å². The molecule has 1 fully saturated rings. The van der Waals surface area contributed by atoms with Crippen LogP contribution in [0, 0.1) is 19.7 Å². The van der Waals surface area contributed by atoms with Crippen molar-refractivity contribution in [3.8, 4) is 0 Å². The van der Waals surface area contributed by atoms with Gasteiger partial charge >= 0.3 is 11.7 Å². The molecule has 0 saturated carbocycles. The van der Waals surface area contributed by atoms with Gasteiger partial charge in [-0.3, -0.25) is 0 Å². The molecule has 0 amide bonds. The predicted molar refractivity (Wildman–Crippen MR) is 91.0 cm³/mol.